The molecule has 2 aromatic rings. The fraction of sp³-hybridized carbons (Fsp3) is 0.0667. The monoisotopic (exact) mass is 342 g/mol. The van der Waals surface area contributed by atoms with Gasteiger partial charge in [-0.3, -0.25) is 9.63 Å². The number of imide groups is 2. The lowest BCUT2D eigenvalue weighted by Gasteiger charge is -2.19. The van der Waals surface area contributed by atoms with Crippen LogP contribution in [0.3, 0.4) is 0 Å². The zero-order chi connectivity index (χ0) is 18.0. The Balaban J connectivity index is 1.82. The Hall–Kier alpha value is -3.66. The molecular weight excluding hydrogens is 330 g/mol. The number of hydrogen-bond donors (Lipinski definition) is 2. The first kappa shape index (κ1) is 16.2. The summed E-state index contributed by atoms with van der Waals surface area (Å²) < 4.78 is -1.59. The van der Waals surface area contributed by atoms with Crippen molar-refractivity contribution in [3.05, 3.63) is 48.3 Å². The second-order valence-electron chi connectivity index (χ2n) is 5.13. The molecule has 25 heavy (non-hydrogen) atoms. The van der Waals surface area contributed by atoms with Gasteiger partial charge in [-0.25, -0.2) is 29.7 Å². The molecule has 2 heterocycles. The van der Waals surface area contributed by atoms with Crippen molar-refractivity contribution in [2.45, 2.75) is 0 Å². The molecule has 1 unspecified atom stereocenters. The summed E-state index contributed by atoms with van der Waals surface area (Å²) in [6.07, 6.45) is 2.37. The highest BCUT2D eigenvalue weighted by atomic mass is 16.8. The van der Waals surface area contributed by atoms with Crippen molar-refractivity contribution in [2.24, 2.45) is 5.73 Å². The Morgan fingerprint density at radius 3 is 2.28 bits per heavy atom. The van der Waals surface area contributed by atoms with Crippen LogP contribution in [0.1, 0.15) is 10.4 Å². The maximum Gasteiger partial charge on any atom is 0.475 e. The number of aromatic nitrogens is 2. The van der Waals surface area contributed by atoms with Crippen LogP contribution < -0.4 is 11.1 Å². The number of nitrogens with zero attached hydrogens (tertiary/aromatic N) is 3. The van der Waals surface area contributed by atoms with Crippen LogP contribution >= 0.6 is 0 Å². The molecule has 0 spiro atoms. The van der Waals surface area contributed by atoms with Gasteiger partial charge in [-0.15, -0.1) is 0 Å². The summed E-state index contributed by atoms with van der Waals surface area (Å²) in [5, 5.41) is 1.86. The molecule has 126 valence electrons. The number of primary amides is 1. The number of urea groups is 2. The lowest BCUT2D eigenvalue weighted by Crippen LogP contribution is -2.58. The average molecular weight is 342 g/mol. The summed E-state index contributed by atoms with van der Waals surface area (Å²) >= 11 is 0. The van der Waals surface area contributed by atoms with E-state index in [1.54, 1.807) is 12.1 Å². The van der Waals surface area contributed by atoms with Gasteiger partial charge in [0.25, 0.3) is 5.91 Å². The number of rotatable bonds is 2. The van der Waals surface area contributed by atoms with Gasteiger partial charge in [0, 0.05) is 22.6 Å². The Morgan fingerprint density at radius 1 is 1.12 bits per heavy atom. The molecule has 10 nitrogen and oxygen atoms in total. The zero-order valence-electron chi connectivity index (χ0n) is 12.7. The number of nitrogens with one attached hydrogen (secondary N) is 1. The summed E-state index contributed by atoms with van der Waals surface area (Å²) in [6.45, 7) is -0.719. The molecule has 0 radical (unpaired) electrons. The van der Waals surface area contributed by atoms with Crippen LogP contribution in [0, 0.1) is 0 Å². The molecule has 1 aliphatic heterocycles. The summed E-state index contributed by atoms with van der Waals surface area (Å²) in [5.41, 5.74) is 5.76. The molecule has 1 fully saturated rings. The lowest BCUT2D eigenvalue weighted by molar-refractivity contribution is -0.943. The molecule has 5 amide bonds. The lowest BCUT2D eigenvalue weighted by atomic mass is 10.2. The van der Waals surface area contributed by atoms with E-state index >= 15 is 0 Å². The molecule has 1 aromatic heterocycles. The maximum absolute atomic E-state index is 12.2. The third-order valence-corrected chi connectivity index (χ3v) is 3.45. The number of benzene rings is 1. The molecule has 1 saturated heterocycles. The van der Waals surface area contributed by atoms with Gasteiger partial charge in [0.15, 0.2) is 5.82 Å². The Kier molecular flexibility index (Phi) is 3.95. The SMILES string of the molecule is NC(=O)[N+]1(OC(=O)c2cnc(-c3ccccc3)nc2)CC(=O)NC1=O. The number of quaternary nitrogens is 1. The molecule has 0 bridgehead atoms. The minimum Gasteiger partial charge on any atom is -0.315 e. The molecular formula is C15H12N5O5+. The van der Waals surface area contributed by atoms with Gasteiger partial charge in [0.1, 0.15) is 5.56 Å². The fourth-order valence-corrected chi connectivity index (χ4v) is 2.18. The van der Waals surface area contributed by atoms with Gasteiger partial charge in [-0.2, -0.15) is 0 Å². The van der Waals surface area contributed by atoms with Crippen molar-refractivity contribution in [1.82, 2.24) is 15.3 Å². The van der Waals surface area contributed by atoms with Crippen molar-refractivity contribution < 1.29 is 28.7 Å². The molecule has 1 aromatic carbocycles. The molecule has 1 atom stereocenters. The number of amides is 5. The van der Waals surface area contributed by atoms with E-state index in [0.29, 0.717) is 5.82 Å². The van der Waals surface area contributed by atoms with Crippen molar-refractivity contribution in [2.75, 3.05) is 6.54 Å². The van der Waals surface area contributed by atoms with Crippen LogP contribution in [-0.2, 0) is 9.63 Å². The number of nitrogens with two attached hydrogens (primary N) is 1. The van der Waals surface area contributed by atoms with Gasteiger partial charge in [-0.1, -0.05) is 30.3 Å². The fourth-order valence-electron chi connectivity index (χ4n) is 2.18. The van der Waals surface area contributed by atoms with Crippen LogP contribution in [0.2, 0.25) is 0 Å². The van der Waals surface area contributed by atoms with Gasteiger partial charge in [0.2, 0.25) is 6.54 Å². The summed E-state index contributed by atoms with van der Waals surface area (Å²) in [7, 11) is 0. The van der Waals surface area contributed by atoms with E-state index in [2.05, 4.69) is 9.97 Å². The van der Waals surface area contributed by atoms with Crippen LogP contribution in [0.5, 0.6) is 0 Å². The highest BCUT2D eigenvalue weighted by molar-refractivity contribution is 6.02. The standard InChI is InChI=1S/C15H11N5O5/c16-14(23)20(8-11(21)19-15(20)24)25-13(22)10-6-17-12(18-7-10)9-4-2-1-3-5-9/h1-7H,8H2,(H2-,16,19,21,23,24)/p+1. The second kappa shape index (κ2) is 6.09. The van der Waals surface area contributed by atoms with Gasteiger partial charge < -0.3 is 5.73 Å². The molecule has 1 aliphatic rings. The van der Waals surface area contributed by atoms with Crippen LogP contribution in [0.4, 0.5) is 9.59 Å². The van der Waals surface area contributed by atoms with Gasteiger partial charge >= 0.3 is 18.0 Å². The van der Waals surface area contributed by atoms with Crippen LogP contribution in [-0.4, -0.2) is 45.1 Å². The summed E-state index contributed by atoms with van der Waals surface area (Å²) in [6, 6.07) is 6.62. The Morgan fingerprint density at radius 2 is 1.76 bits per heavy atom. The minimum absolute atomic E-state index is 0.106. The summed E-state index contributed by atoms with van der Waals surface area (Å²) in [4.78, 5) is 59.8. The van der Waals surface area contributed by atoms with E-state index in [-0.39, 0.29) is 5.56 Å². The van der Waals surface area contributed by atoms with Crippen molar-refractivity contribution in [3.63, 3.8) is 0 Å². The van der Waals surface area contributed by atoms with Crippen LogP contribution in [0.25, 0.3) is 11.4 Å². The topological polar surface area (TPSA) is 141 Å². The highest BCUT2D eigenvalue weighted by Gasteiger charge is 2.57. The van der Waals surface area contributed by atoms with E-state index in [0.717, 1.165) is 5.56 Å². The van der Waals surface area contributed by atoms with Crippen molar-refractivity contribution in [3.8, 4) is 11.4 Å². The number of carbonyl (C=O) groups excluding carboxylic acids is 4. The third-order valence-electron chi connectivity index (χ3n) is 3.45. The molecule has 3 rings (SSSR count). The van der Waals surface area contributed by atoms with E-state index in [1.165, 1.54) is 12.4 Å². The maximum atomic E-state index is 12.2. The van der Waals surface area contributed by atoms with Crippen molar-refractivity contribution >= 4 is 23.9 Å². The second-order valence-corrected chi connectivity index (χ2v) is 5.13. The highest BCUT2D eigenvalue weighted by Crippen LogP contribution is 2.18. The predicted octanol–water partition coefficient (Wildman–Crippen LogP) is 0.361. The first-order valence-corrected chi connectivity index (χ1v) is 7.06. The smallest absolute Gasteiger partial charge is 0.315 e. The number of hydrogen-bond acceptors (Lipinski definition) is 7. The van der Waals surface area contributed by atoms with Crippen molar-refractivity contribution in [1.29, 1.82) is 0 Å². The summed E-state index contributed by atoms with van der Waals surface area (Å²) in [5.74, 6) is -1.47. The molecule has 0 saturated carbocycles. The average Bonchev–Trinajstić information content (AvgIpc) is 2.90. The van der Waals surface area contributed by atoms with Gasteiger partial charge in [-0.05, 0) is 0 Å². The first-order chi connectivity index (χ1) is 11.9. The Labute approximate surface area is 140 Å². The minimum atomic E-state index is -1.59. The number of carbonyl (C=O) groups is 4. The predicted molar refractivity (Wildman–Crippen MR) is 81.1 cm³/mol. The van der Waals surface area contributed by atoms with E-state index in [4.69, 9.17) is 10.6 Å². The zero-order valence-corrected chi connectivity index (χ0v) is 12.7. The quantitative estimate of drug-likeness (QED) is 0.593. The Bertz CT molecular complexity index is 868. The normalized spacial score (nSPS) is 19.4. The van der Waals surface area contributed by atoms with Crippen LogP contribution in [0.15, 0.2) is 42.7 Å². The van der Waals surface area contributed by atoms with Gasteiger partial charge in [0.05, 0.1) is 0 Å². The molecule has 10 heteroatoms. The van der Waals surface area contributed by atoms with E-state index in [9.17, 15) is 19.2 Å². The number of hydroxylamine groups is 3. The third kappa shape index (κ3) is 2.93. The molecule has 0 aliphatic carbocycles. The van der Waals surface area contributed by atoms with E-state index < -0.39 is 35.1 Å². The molecule has 3 N–H and O–H groups in total. The first-order valence-electron chi connectivity index (χ1n) is 7.06. The largest absolute Gasteiger partial charge is 0.475 e. The van der Waals surface area contributed by atoms with E-state index in [1.807, 2.05) is 23.5 Å².